The van der Waals surface area contributed by atoms with E-state index >= 15 is 0 Å². The summed E-state index contributed by atoms with van der Waals surface area (Å²) in [4.78, 5) is 14.9. The van der Waals surface area contributed by atoms with Gasteiger partial charge < -0.3 is 9.88 Å². The fourth-order valence-corrected chi connectivity index (χ4v) is 4.63. The summed E-state index contributed by atoms with van der Waals surface area (Å²) in [6, 6.07) is 23.0. The lowest BCUT2D eigenvalue weighted by Gasteiger charge is -2.12. The van der Waals surface area contributed by atoms with E-state index in [0.29, 0.717) is 12.4 Å². The fraction of sp³-hybridized carbons (Fsp3) is 0.172. The number of aromatic nitrogens is 4. The Balaban J connectivity index is 1.40. The van der Waals surface area contributed by atoms with Crippen molar-refractivity contribution in [3.63, 3.8) is 0 Å². The quantitative estimate of drug-likeness (QED) is 0.274. The second-order valence-electron chi connectivity index (χ2n) is 8.85. The van der Waals surface area contributed by atoms with Crippen molar-refractivity contribution in [1.29, 1.82) is 0 Å². The molecule has 0 atom stereocenters. The van der Waals surface area contributed by atoms with Crippen LogP contribution in [0.1, 0.15) is 22.3 Å². The van der Waals surface area contributed by atoms with Gasteiger partial charge in [0.2, 0.25) is 0 Å². The summed E-state index contributed by atoms with van der Waals surface area (Å²) in [5.74, 6) is 1.52. The van der Waals surface area contributed by atoms with Crippen molar-refractivity contribution in [2.75, 3.05) is 5.32 Å². The number of hydrogen-bond acceptors (Lipinski definition) is 5. The Morgan fingerprint density at radius 2 is 1.63 bits per heavy atom. The molecule has 0 fully saturated rings. The molecule has 0 aliphatic heterocycles. The van der Waals surface area contributed by atoms with Crippen LogP contribution in [0.5, 0.6) is 0 Å². The lowest BCUT2D eigenvalue weighted by molar-refractivity contribution is 0.959. The van der Waals surface area contributed by atoms with Crippen molar-refractivity contribution < 1.29 is 0 Å². The second-order valence-corrected chi connectivity index (χ2v) is 9.42. The molecule has 5 aromatic rings. The number of anilines is 1. The first-order valence-electron chi connectivity index (χ1n) is 11.7. The van der Waals surface area contributed by atoms with Gasteiger partial charge in [0.1, 0.15) is 5.52 Å². The van der Waals surface area contributed by atoms with Crippen LogP contribution in [-0.4, -0.2) is 24.4 Å². The average Bonchev–Trinajstić information content (AvgIpc) is 3.24. The Kier molecular flexibility index (Phi) is 6.64. The van der Waals surface area contributed by atoms with Crippen molar-refractivity contribution in [3.05, 3.63) is 108 Å². The molecule has 0 amide bonds. The van der Waals surface area contributed by atoms with Gasteiger partial charge in [0.05, 0.1) is 5.52 Å². The highest BCUT2D eigenvalue weighted by atomic mass is 32.1. The number of benzene rings is 2. The van der Waals surface area contributed by atoms with Gasteiger partial charge in [-0.1, -0.05) is 60.2 Å². The van der Waals surface area contributed by atoms with Gasteiger partial charge in [-0.05, 0) is 47.9 Å². The van der Waals surface area contributed by atoms with Gasteiger partial charge in [-0.25, -0.2) is 9.97 Å². The Labute approximate surface area is 210 Å². The molecule has 0 radical (unpaired) electrons. The summed E-state index contributed by atoms with van der Waals surface area (Å²) in [5, 5.41) is 3.50. The van der Waals surface area contributed by atoms with E-state index in [-0.39, 0.29) is 0 Å². The third-order valence-electron chi connectivity index (χ3n) is 6.00. The molecule has 0 saturated heterocycles. The number of nitrogens with one attached hydrogen (secondary N) is 1. The number of thiocarbonyl (C=S) groups is 1. The molecule has 174 valence electrons. The van der Waals surface area contributed by atoms with Gasteiger partial charge in [-0.2, -0.15) is 0 Å². The maximum absolute atomic E-state index is 5.74. The second kappa shape index (κ2) is 10.2. The number of rotatable bonds is 8. The number of hydrogen-bond donors (Lipinski definition) is 1. The Morgan fingerprint density at radius 1 is 0.886 bits per heavy atom. The molecule has 0 aliphatic rings. The van der Waals surface area contributed by atoms with E-state index in [0.717, 1.165) is 45.7 Å². The van der Waals surface area contributed by atoms with Crippen LogP contribution in [0, 0.1) is 6.92 Å². The first-order valence-corrected chi connectivity index (χ1v) is 12.1. The van der Waals surface area contributed by atoms with E-state index in [2.05, 4.69) is 65.8 Å². The monoisotopic (exact) mass is 477 g/mol. The van der Waals surface area contributed by atoms with Gasteiger partial charge >= 0.3 is 0 Å². The first kappa shape index (κ1) is 22.9. The molecule has 1 N–H and O–H groups in total. The van der Waals surface area contributed by atoms with Crippen molar-refractivity contribution in [1.82, 2.24) is 19.5 Å². The molecular formula is C29H27N5S. The van der Waals surface area contributed by atoms with E-state index in [9.17, 15) is 0 Å². The lowest BCUT2D eigenvalue weighted by Crippen LogP contribution is -2.06. The zero-order chi connectivity index (χ0) is 24.2. The van der Waals surface area contributed by atoms with E-state index in [1.54, 1.807) is 12.4 Å². The lowest BCUT2D eigenvalue weighted by atomic mass is 10.0. The Hall–Kier alpha value is -3.90. The maximum Gasteiger partial charge on any atom is 0.162 e. The predicted molar refractivity (Wildman–Crippen MR) is 147 cm³/mol. The molecule has 5 nitrogen and oxygen atoms in total. The first-order chi connectivity index (χ1) is 17.0. The molecule has 0 unspecified atom stereocenters. The SMILES string of the molecule is Cc1cccc(CC(=S)Cc2cccc(-c3nc(NCc4ccncc4)c4c(ccn4C)n3)c2)c1. The van der Waals surface area contributed by atoms with Crippen molar-refractivity contribution in [3.8, 4) is 11.4 Å². The minimum atomic E-state index is 0.659. The van der Waals surface area contributed by atoms with Crippen LogP contribution in [0.25, 0.3) is 22.4 Å². The zero-order valence-corrected chi connectivity index (χ0v) is 20.7. The molecule has 0 saturated carbocycles. The fourth-order valence-electron chi connectivity index (χ4n) is 4.29. The summed E-state index contributed by atoms with van der Waals surface area (Å²) in [6.07, 6.45) is 7.17. The van der Waals surface area contributed by atoms with Crippen LogP contribution >= 0.6 is 12.2 Å². The molecule has 35 heavy (non-hydrogen) atoms. The van der Waals surface area contributed by atoms with Crippen molar-refractivity contribution >= 4 is 33.9 Å². The van der Waals surface area contributed by atoms with E-state index in [1.807, 2.05) is 36.0 Å². The summed E-state index contributed by atoms with van der Waals surface area (Å²) in [7, 11) is 2.01. The zero-order valence-electron chi connectivity index (χ0n) is 19.9. The molecule has 0 spiro atoms. The third-order valence-corrected chi connectivity index (χ3v) is 6.29. The highest BCUT2D eigenvalue weighted by Crippen LogP contribution is 2.26. The summed E-state index contributed by atoms with van der Waals surface area (Å²) in [6.45, 7) is 2.77. The molecular weight excluding hydrogens is 450 g/mol. The smallest absolute Gasteiger partial charge is 0.162 e. The van der Waals surface area contributed by atoms with Crippen LogP contribution in [0.2, 0.25) is 0 Å². The van der Waals surface area contributed by atoms with E-state index < -0.39 is 0 Å². The van der Waals surface area contributed by atoms with Crippen molar-refractivity contribution in [2.24, 2.45) is 7.05 Å². The minimum Gasteiger partial charge on any atom is -0.364 e. The van der Waals surface area contributed by atoms with Gasteiger partial charge in [-0.15, -0.1) is 0 Å². The molecule has 5 rings (SSSR count). The molecule has 3 aromatic heterocycles. The molecule has 0 bridgehead atoms. The number of fused-ring (bicyclic) bond motifs is 1. The van der Waals surface area contributed by atoms with Crippen LogP contribution < -0.4 is 5.32 Å². The summed E-state index contributed by atoms with van der Waals surface area (Å²) >= 11 is 5.74. The van der Waals surface area contributed by atoms with E-state index in [1.165, 1.54) is 16.7 Å². The van der Waals surface area contributed by atoms with Crippen LogP contribution in [0.4, 0.5) is 5.82 Å². The average molecular weight is 478 g/mol. The van der Waals surface area contributed by atoms with Crippen molar-refractivity contribution in [2.45, 2.75) is 26.3 Å². The van der Waals surface area contributed by atoms with Gasteiger partial charge in [0.15, 0.2) is 11.6 Å². The number of nitrogens with zero attached hydrogens (tertiary/aromatic N) is 4. The molecule has 2 aromatic carbocycles. The Morgan fingerprint density at radius 3 is 2.40 bits per heavy atom. The normalized spacial score (nSPS) is 11.0. The highest BCUT2D eigenvalue weighted by molar-refractivity contribution is 7.80. The Bertz CT molecular complexity index is 1490. The molecule has 3 heterocycles. The summed E-state index contributed by atoms with van der Waals surface area (Å²) in [5.41, 5.74) is 7.71. The van der Waals surface area contributed by atoms with Crippen LogP contribution in [0.3, 0.4) is 0 Å². The largest absolute Gasteiger partial charge is 0.364 e. The topological polar surface area (TPSA) is 55.6 Å². The third kappa shape index (κ3) is 5.44. The maximum atomic E-state index is 5.74. The number of aryl methyl sites for hydroxylation is 2. The molecule has 6 heteroatoms. The summed E-state index contributed by atoms with van der Waals surface area (Å²) < 4.78 is 2.05. The van der Waals surface area contributed by atoms with Crippen LogP contribution in [0.15, 0.2) is 85.3 Å². The standard InChI is InChI=1S/C29H27N5S/c1-20-5-3-6-22(15-20)17-25(35)18-23-7-4-8-24(16-23)28-32-26-11-14-34(2)27(26)29(33-28)31-19-21-9-12-30-13-10-21/h3-16H,17-19H2,1-2H3,(H,31,32,33). The minimum absolute atomic E-state index is 0.659. The van der Waals surface area contributed by atoms with Gasteiger partial charge in [0, 0.05) is 55.5 Å². The highest BCUT2D eigenvalue weighted by Gasteiger charge is 2.13. The number of pyridine rings is 1. The van der Waals surface area contributed by atoms with Gasteiger partial charge in [-0.3, -0.25) is 4.98 Å². The van der Waals surface area contributed by atoms with E-state index in [4.69, 9.17) is 22.2 Å². The van der Waals surface area contributed by atoms with Gasteiger partial charge in [0.25, 0.3) is 0 Å². The van der Waals surface area contributed by atoms with Crippen LogP contribution in [-0.2, 0) is 26.4 Å². The molecule has 0 aliphatic carbocycles. The predicted octanol–water partition coefficient (Wildman–Crippen LogP) is 6.11.